The summed E-state index contributed by atoms with van der Waals surface area (Å²) in [6.45, 7) is 1.14. The second kappa shape index (κ2) is 9.61. The summed E-state index contributed by atoms with van der Waals surface area (Å²) in [5, 5.41) is 8.31. The second-order valence-electron chi connectivity index (χ2n) is 8.78. The van der Waals surface area contributed by atoms with E-state index in [2.05, 4.69) is 20.8 Å². The van der Waals surface area contributed by atoms with Crippen molar-refractivity contribution in [2.24, 2.45) is 16.8 Å². The van der Waals surface area contributed by atoms with Gasteiger partial charge in [-0.3, -0.25) is 24.8 Å². The third kappa shape index (κ3) is 4.66. The minimum atomic E-state index is -1.42. The van der Waals surface area contributed by atoms with E-state index in [-0.39, 0.29) is 43.0 Å². The average Bonchev–Trinajstić information content (AvgIpc) is 3.24. The number of piperazine rings is 1. The minimum absolute atomic E-state index is 0.00902. The average molecular weight is 466 g/mol. The van der Waals surface area contributed by atoms with Crippen molar-refractivity contribution in [3.63, 3.8) is 0 Å². The van der Waals surface area contributed by atoms with E-state index in [9.17, 15) is 23.3 Å². The van der Waals surface area contributed by atoms with E-state index < -0.39 is 36.1 Å². The number of nitrogens with two attached hydrogens (primary N) is 1. The number of carbonyl (C=O) groups excluding carboxylic acids is 2. The number of halogens is 2. The van der Waals surface area contributed by atoms with Gasteiger partial charge in [-0.1, -0.05) is 5.18 Å². The van der Waals surface area contributed by atoms with Crippen LogP contribution < -0.4 is 21.3 Å². The molecule has 3 aliphatic heterocycles. The van der Waals surface area contributed by atoms with Crippen LogP contribution >= 0.6 is 0 Å². The summed E-state index contributed by atoms with van der Waals surface area (Å²) >= 11 is 0. The predicted octanol–water partition coefficient (Wildman–Crippen LogP) is -0.163. The first kappa shape index (κ1) is 23.4. The normalized spacial score (nSPS) is 27.8. The topological polar surface area (TPSA) is 136 Å². The van der Waals surface area contributed by atoms with Crippen LogP contribution in [0.4, 0.5) is 20.2 Å². The lowest BCUT2D eigenvalue weighted by Gasteiger charge is -2.40. The molecule has 0 aliphatic carbocycles. The summed E-state index contributed by atoms with van der Waals surface area (Å²) in [4.78, 5) is 45.8. The Balaban J connectivity index is 1.59. The molecule has 180 valence electrons. The molecule has 33 heavy (non-hydrogen) atoms. The number of nitrogens with one attached hydrogen (secondary N) is 2. The van der Waals surface area contributed by atoms with Gasteiger partial charge in [0, 0.05) is 32.2 Å². The Bertz CT molecular complexity index is 921. The molecular formula is C20H28F2N8O3. The zero-order chi connectivity index (χ0) is 23.7. The first-order chi connectivity index (χ1) is 15.8. The lowest BCUT2D eigenvalue weighted by atomic mass is 9.98. The molecule has 3 fully saturated rings. The van der Waals surface area contributed by atoms with Crippen LogP contribution in [0.3, 0.4) is 0 Å². The first-order valence-corrected chi connectivity index (χ1v) is 10.9. The van der Waals surface area contributed by atoms with Crippen LogP contribution in [-0.2, 0) is 9.59 Å². The fraction of sp³-hybridized carbons (Fsp3) is 0.650. The minimum Gasteiger partial charge on any atom is -0.356 e. The molecule has 0 bridgehead atoms. The highest BCUT2D eigenvalue weighted by atomic mass is 19.1. The number of carbonyl (C=O) groups is 2. The summed E-state index contributed by atoms with van der Waals surface area (Å²) in [5.74, 6) is -2.65. The second-order valence-corrected chi connectivity index (χ2v) is 8.78. The molecule has 0 saturated carbocycles. The van der Waals surface area contributed by atoms with Crippen LogP contribution in [0.25, 0.3) is 0 Å². The Morgan fingerprint density at radius 3 is 2.91 bits per heavy atom. The van der Waals surface area contributed by atoms with Crippen LogP contribution in [0, 0.1) is 16.6 Å². The predicted molar refractivity (Wildman–Crippen MR) is 116 cm³/mol. The van der Waals surface area contributed by atoms with Crippen molar-refractivity contribution in [2.45, 2.75) is 37.4 Å². The largest absolute Gasteiger partial charge is 0.356 e. The molecule has 4 heterocycles. The molecule has 0 radical (unpaired) electrons. The smallest absolute Gasteiger partial charge is 0.242 e. The van der Waals surface area contributed by atoms with E-state index in [1.807, 2.05) is 0 Å². The monoisotopic (exact) mass is 466 g/mol. The molecule has 1 aromatic heterocycles. The van der Waals surface area contributed by atoms with E-state index in [0.29, 0.717) is 13.1 Å². The molecule has 0 spiro atoms. The molecule has 4 N–H and O–H groups in total. The Kier molecular flexibility index (Phi) is 6.81. The maximum absolute atomic E-state index is 14.9. The number of amides is 2. The van der Waals surface area contributed by atoms with Crippen LogP contribution in [0.5, 0.6) is 0 Å². The third-order valence-corrected chi connectivity index (χ3v) is 6.54. The van der Waals surface area contributed by atoms with Gasteiger partial charge in [-0.05, 0) is 19.9 Å². The fourth-order valence-corrected chi connectivity index (χ4v) is 5.00. The van der Waals surface area contributed by atoms with Gasteiger partial charge in [-0.25, -0.2) is 8.78 Å². The summed E-state index contributed by atoms with van der Waals surface area (Å²) in [7, 11) is 1.60. The first-order valence-electron chi connectivity index (χ1n) is 10.9. The van der Waals surface area contributed by atoms with Crippen LogP contribution in [0.1, 0.15) is 12.8 Å². The van der Waals surface area contributed by atoms with Gasteiger partial charge < -0.3 is 20.9 Å². The van der Waals surface area contributed by atoms with E-state index in [4.69, 9.17) is 5.73 Å². The number of aromatic nitrogens is 1. The van der Waals surface area contributed by atoms with E-state index >= 15 is 0 Å². The maximum atomic E-state index is 14.9. The van der Waals surface area contributed by atoms with Gasteiger partial charge in [-0.15, -0.1) is 4.91 Å². The number of hydrogen-bond donors (Lipinski definition) is 3. The standard InChI is InChI=1S/C20H28F2N8O3/c1-28-8-11(21)5-25-19(28)16(18(23)27-33)20(32)26-14-7-24-6-13(22)17(14)29-9-12-3-2-4-30(12)15(31)10-29/h6-7,11-12,16,18-19,25H,2-5,8-10,23H2,1H3,(H,26,32). The zero-order valence-corrected chi connectivity index (χ0v) is 18.3. The van der Waals surface area contributed by atoms with Crippen LogP contribution in [-0.4, -0.2) is 90.9 Å². The quantitative estimate of drug-likeness (QED) is 0.492. The van der Waals surface area contributed by atoms with E-state index in [1.165, 1.54) is 6.20 Å². The molecule has 0 aromatic carbocycles. The molecule has 3 saturated heterocycles. The van der Waals surface area contributed by atoms with Gasteiger partial charge in [-0.2, -0.15) is 0 Å². The Labute approximate surface area is 189 Å². The number of rotatable bonds is 6. The van der Waals surface area contributed by atoms with Crippen molar-refractivity contribution in [1.29, 1.82) is 0 Å². The van der Waals surface area contributed by atoms with Crippen molar-refractivity contribution >= 4 is 23.2 Å². The maximum Gasteiger partial charge on any atom is 0.242 e. The molecule has 3 aliphatic rings. The van der Waals surface area contributed by atoms with Crippen molar-refractivity contribution in [3.8, 4) is 0 Å². The van der Waals surface area contributed by atoms with Gasteiger partial charge in [0.1, 0.15) is 17.8 Å². The number of nitrogens with zero attached hydrogens (tertiary/aromatic N) is 5. The van der Waals surface area contributed by atoms with Crippen LogP contribution in [0.2, 0.25) is 0 Å². The lowest BCUT2D eigenvalue weighted by Crippen LogP contribution is -2.62. The molecule has 5 unspecified atom stereocenters. The Hall–Kier alpha value is -2.77. The number of hydrogen-bond acceptors (Lipinski definition) is 9. The summed E-state index contributed by atoms with van der Waals surface area (Å²) in [5.41, 5.74) is 5.95. The summed E-state index contributed by atoms with van der Waals surface area (Å²) in [6.07, 6.45) is 0.716. The van der Waals surface area contributed by atoms with E-state index in [1.54, 1.807) is 21.7 Å². The summed E-state index contributed by atoms with van der Waals surface area (Å²) in [6, 6.07) is -0.0171. The van der Waals surface area contributed by atoms with Gasteiger partial charge in [0.2, 0.25) is 11.8 Å². The van der Waals surface area contributed by atoms with Crippen LogP contribution in [0.15, 0.2) is 17.6 Å². The van der Waals surface area contributed by atoms with Gasteiger partial charge in [0.05, 0.1) is 30.8 Å². The Morgan fingerprint density at radius 1 is 1.39 bits per heavy atom. The Morgan fingerprint density at radius 2 is 2.18 bits per heavy atom. The van der Waals surface area contributed by atoms with Crippen molar-refractivity contribution in [3.05, 3.63) is 23.1 Å². The van der Waals surface area contributed by atoms with Gasteiger partial charge >= 0.3 is 0 Å². The third-order valence-electron chi connectivity index (χ3n) is 6.54. The SMILES string of the molecule is CN1CC(F)CNC1C(C(=O)Nc1cncc(F)c1N1CC(=O)N2CCCC2C1)C(N)N=O. The number of pyridine rings is 1. The fourth-order valence-electron chi connectivity index (χ4n) is 5.00. The molecular weight excluding hydrogens is 438 g/mol. The van der Waals surface area contributed by atoms with Gasteiger partial charge in [0.25, 0.3) is 0 Å². The molecule has 5 atom stereocenters. The van der Waals surface area contributed by atoms with E-state index in [0.717, 1.165) is 19.0 Å². The zero-order valence-electron chi connectivity index (χ0n) is 18.3. The lowest BCUT2D eigenvalue weighted by molar-refractivity contribution is -0.132. The number of anilines is 2. The highest BCUT2D eigenvalue weighted by molar-refractivity contribution is 5.97. The number of nitroso groups, excluding NO2 is 1. The number of fused-ring (bicyclic) bond motifs is 1. The van der Waals surface area contributed by atoms with Gasteiger partial charge in [0.15, 0.2) is 12.0 Å². The van der Waals surface area contributed by atoms with Crippen molar-refractivity contribution in [2.75, 3.05) is 50.0 Å². The number of alkyl halides is 1. The molecule has 4 rings (SSSR count). The molecule has 11 nitrogen and oxygen atoms in total. The molecule has 1 aromatic rings. The highest BCUT2D eigenvalue weighted by Crippen LogP contribution is 2.33. The summed E-state index contributed by atoms with van der Waals surface area (Å²) < 4.78 is 28.6. The van der Waals surface area contributed by atoms with Crippen molar-refractivity contribution in [1.82, 2.24) is 20.1 Å². The highest BCUT2D eigenvalue weighted by Gasteiger charge is 2.41. The molecule has 13 heteroatoms. The van der Waals surface area contributed by atoms with Crippen molar-refractivity contribution < 1.29 is 18.4 Å². The molecule has 2 amide bonds.